The molecule has 2 rings (SSSR count). The van der Waals surface area contributed by atoms with Crippen LogP contribution < -0.4 is 0 Å². The number of hydrogen-bond donors (Lipinski definition) is 0. The van der Waals surface area contributed by atoms with E-state index in [4.69, 9.17) is 4.74 Å². The molecule has 0 N–H and O–H groups in total. The topological polar surface area (TPSA) is 61.2 Å². The number of esters is 1. The Hall–Kier alpha value is -2.50. The number of carbonyl (C=O) groups is 2. The maximum Gasteiger partial charge on any atom is 0.359 e. The van der Waals surface area contributed by atoms with Crippen LogP contribution in [0.25, 0.3) is 5.69 Å². The molecule has 104 valence electrons. The van der Waals surface area contributed by atoms with Crippen LogP contribution in [-0.2, 0) is 4.74 Å². The first-order chi connectivity index (χ1) is 9.56. The van der Waals surface area contributed by atoms with E-state index in [0.717, 1.165) is 0 Å². The lowest BCUT2D eigenvalue weighted by molar-refractivity contribution is 0.0517. The molecule has 0 amide bonds. The second-order valence-corrected chi connectivity index (χ2v) is 4.15. The largest absolute Gasteiger partial charge is 0.461 e. The Morgan fingerprint density at radius 2 is 2.25 bits per heavy atom. The monoisotopic (exact) mass is 276 g/mol. The minimum Gasteiger partial charge on any atom is -0.461 e. The van der Waals surface area contributed by atoms with Crippen molar-refractivity contribution in [1.82, 2.24) is 9.78 Å². The fourth-order valence-corrected chi connectivity index (χ4v) is 1.83. The van der Waals surface area contributed by atoms with Gasteiger partial charge in [0, 0.05) is 6.20 Å². The van der Waals surface area contributed by atoms with E-state index in [1.54, 1.807) is 13.8 Å². The van der Waals surface area contributed by atoms with Crippen molar-refractivity contribution < 1.29 is 18.7 Å². The van der Waals surface area contributed by atoms with Crippen LogP contribution in [0.4, 0.5) is 4.39 Å². The molecule has 1 aromatic heterocycles. The van der Waals surface area contributed by atoms with Crippen LogP contribution in [0.1, 0.15) is 33.3 Å². The van der Waals surface area contributed by atoms with Crippen molar-refractivity contribution in [1.29, 1.82) is 0 Å². The van der Waals surface area contributed by atoms with E-state index in [1.165, 1.54) is 29.1 Å². The molecule has 0 aliphatic carbocycles. The number of ether oxygens (including phenoxy) is 1. The number of carbonyl (C=O) groups excluding carboxylic acids is 2. The van der Waals surface area contributed by atoms with Crippen molar-refractivity contribution in [3.8, 4) is 5.69 Å². The minimum absolute atomic E-state index is 0.0504. The van der Waals surface area contributed by atoms with Gasteiger partial charge in [-0.1, -0.05) is 0 Å². The molecule has 0 saturated carbocycles. The number of aldehydes is 1. The predicted octanol–water partition coefficient (Wildman–Crippen LogP) is 2.31. The smallest absolute Gasteiger partial charge is 0.359 e. The molecule has 6 heteroatoms. The summed E-state index contributed by atoms with van der Waals surface area (Å²) in [6.07, 6.45) is 1.95. The molecule has 0 spiro atoms. The van der Waals surface area contributed by atoms with E-state index >= 15 is 0 Å². The van der Waals surface area contributed by atoms with Gasteiger partial charge in [-0.15, -0.1) is 0 Å². The van der Waals surface area contributed by atoms with Crippen molar-refractivity contribution in [3.63, 3.8) is 0 Å². The van der Waals surface area contributed by atoms with E-state index in [-0.39, 0.29) is 23.7 Å². The molecular formula is C14H13FN2O3. The Morgan fingerprint density at radius 3 is 2.85 bits per heavy atom. The molecule has 0 radical (unpaired) electrons. The zero-order chi connectivity index (χ0) is 14.7. The second-order valence-electron chi connectivity index (χ2n) is 4.15. The van der Waals surface area contributed by atoms with Gasteiger partial charge >= 0.3 is 5.97 Å². The predicted molar refractivity (Wildman–Crippen MR) is 69.6 cm³/mol. The zero-order valence-electron chi connectivity index (χ0n) is 11.1. The Morgan fingerprint density at radius 1 is 1.50 bits per heavy atom. The van der Waals surface area contributed by atoms with E-state index in [2.05, 4.69) is 5.10 Å². The molecule has 5 nitrogen and oxygen atoms in total. The van der Waals surface area contributed by atoms with Crippen LogP contribution in [0.2, 0.25) is 0 Å². The first kappa shape index (κ1) is 13.9. The molecule has 0 aliphatic heterocycles. The summed E-state index contributed by atoms with van der Waals surface area (Å²) >= 11 is 0. The van der Waals surface area contributed by atoms with Gasteiger partial charge in [-0.3, -0.25) is 4.79 Å². The normalized spacial score (nSPS) is 10.3. The molecular weight excluding hydrogens is 263 g/mol. The second kappa shape index (κ2) is 5.64. The highest BCUT2D eigenvalue weighted by molar-refractivity contribution is 5.96. The lowest BCUT2D eigenvalue weighted by Crippen LogP contribution is -2.08. The first-order valence-electron chi connectivity index (χ1n) is 6.05. The molecule has 0 aliphatic rings. The van der Waals surface area contributed by atoms with Crippen LogP contribution in [0, 0.1) is 12.7 Å². The van der Waals surface area contributed by atoms with Crippen molar-refractivity contribution in [2.75, 3.05) is 6.61 Å². The van der Waals surface area contributed by atoms with E-state index in [1.807, 2.05) is 0 Å². The summed E-state index contributed by atoms with van der Waals surface area (Å²) in [5, 5.41) is 4.05. The lowest BCUT2D eigenvalue weighted by atomic mass is 10.2. The van der Waals surface area contributed by atoms with Gasteiger partial charge in [0.1, 0.15) is 5.82 Å². The zero-order valence-corrected chi connectivity index (χ0v) is 11.1. The van der Waals surface area contributed by atoms with Gasteiger partial charge in [0.25, 0.3) is 0 Å². The third-order valence-corrected chi connectivity index (χ3v) is 2.74. The van der Waals surface area contributed by atoms with Gasteiger partial charge in [0.15, 0.2) is 12.0 Å². The molecule has 0 saturated heterocycles. The maximum absolute atomic E-state index is 13.1. The first-order valence-corrected chi connectivity index (χ1v) is 6.05. The number of halogens is 1. The average molecular weight is 276 g/mol. The average Bonchev–Trinajstić information content (AvgIpc) is 2.83. The van der Waals surface area contributed by atoms with Crippen LogP contribution in [0.15, 0.2) is 24.4 Å². The molecule has 0 fully saturated rings. The molecule has 0 bridgehead atoms. The number of benzene rings is 1. The summed E-state index contributed by atoms with van der Waals surface area (Å²) in [5.41, 5.74) is 1.31. The van der Waals surface area contributed by atoms with E-state index < -0.39 is 5.97 Å². The molecule has 0 unspecified atom stereocenters. The van der Waals surface area contributed by atoms with Crippen molar-refractivity contribution in [2.45, 2.75) is 13.8 Å². The Kier molecular flexibility index (Phi) is 3.93. The molecule has 20 heavy (non-hydrogen) atoms. The molecule has 1 heterocycles. The molecule has 0 atom stereocenters. The summed E-state index contributed by atoms with van der Waals surface area (Å²) < 4.78 is 19.3. The number of nitrogens with zero attached hydrogens (tertiary/aromatic N) is 2. The van der Waals surface area contributed by atoms with Gasteiger partial charge < -0.3 is 4.74 Å². The van der Waals surface area contributed by atoms with E-state index in [9.17, 15) is 14.0 Å². The van der Waals surface area contributed by atoms with Crippen molar-refractivity contribution in [3.05, 3.63) is 47.0 Å². The van der Waals surface area contributed by atoms with Crippen molar-refractivity contribution >= 4 is 12.3 Å². The molecule has 1 aromatic carbocycles. The summed E-state index contributed by atoms with van der Waals surface area (Å²) in [5.74, 6) is -1.02. The third kappa shape index (κ3) is 2.59. The molecule has 2 aromatic rings. The third-order valence-electron chi connectivity index (χ3n) is 2.74. The number of aromatic nitrogens is 2. The van der Waals surface area contributed by atoms with E-state index in [0.29, 0.717) is 17.5 Å². The fraction of sp³-hybridized carbons (Fsp3) is 0.214. The highest BCUT2D eigenvalue weighted by Gasteiger charge is 2.18. The Balaban J connectivity index is 2.48. The van der Waals surface area contributed by atoms with Gasteiger partial charge in [-0.05, 0) is 37.6 Å². The van der Waals surface area contributed by atoms with Gasteiger partial charge in [-0.25, -0.2) is 13.9 Å². The summed E-state index contributed by atoms with van der Waals surface area (Å²) in [6.45, 7) is 3.57. The van der Waals surface area contributed by atoms with Crippen LogP contribution in [0.3, 0.4) is 0 Å². The summed E-state index contributed by atoms with van der Waals surface area (Å²) in [4.78, 5) is 22.7. The van der Waals surface area contributed by atoms with Gasteiger partial charge in [-0.2, -0.15) is 5.10 Å². The summed E-state index contributed by atoms with van der Waals surface area (Å²) in [7, 11) is 0. The fourth-order valence-electron chi connectivity index (χ4n) is 1.83. The van der Waals surface area contributed by atoms with Crippen LogP contribution in [0.5, 0.6) is 0 Å². The SMILES string of the molecule is CCOC(=O)c1nn(-c2ccc(F)cc2C)cc1C=O. The number of rotatable bonds is 4. The number of aryl methyl sites for hydroxylation is 1. The van der Waals surface area contributed by atoms with Crippen LogP contribution >= 0.6 is 0 Å². The number of hydrogen-bond acceptors (Lipinski definition) is 4. The Bertz CT molecular complexity index is 664. The van der Waals surface area contributed by atoms with Gasteiger partial charge in [0.05, 0.1) is 17.9 Å². The summed E-state index contributed by atoms with van der Waals surface area (Å²) in [6, 6.07) is 4.16. The standard InChI is InChI=1S/C14H13FN2O3/c1-3-20-14(19)13-10(8-18)7-17(16-13)12-5-4-11(15)6-9(12)2/h4-8H,3H2,1-2H3. The quantitative estimate of drug-likeness (QED) is 0.635. The van der Waals surface area contributed by atoms with Crippen molar-refractivity contribution in [2.24, 2.45) is 0 Å². The maximum atomic E-state index is 13.1. The lowest BCUT2D eigenvalue weighted by Gasteiger charge is -2.05. The highest BCUT2D eigenvalue weighted by atomic mass is 19.1. The highest BCUT2D eigenvalue weighted by Crippen LogP contribution is 2.17. The minimum atomic E-state index is -0.659. The van der Waals surface area contributed by atoms with Gasteiger partial charge in [0.2, 0.25) is 0 Å². The van der Waals surface area contributed by atoms with Crippen LogP contribution in [-0.4, -0.2) is 28.6 Å². The Labute approximate surface area is 115 Å².